The van der Waals surface area contributed by atoms with E-state index >= 15 is 0 Å². The minimum atomic E-state index is -2.93. The second-order valence-corrected chi connectivity index (χ2v) is 3.57. The fourth-order valence-electron chi connectivity index (χ4n) is 1.09. The van der Waals surface area contributed by atoms with Crippen LogP contribution in [0.2, 0.25) is 0 Å². The van der Waals surface area contributed by atoms with Gasteiger partial charge in [0.25, 0.3) is 0 Å². The topological polar surface area (TPSA) is 26.3 Å². The van der Waals surface area contributed by atoms with Crippen LogP contribution in [-0.2, 0) is 0 Å². The van der Waals surface area contributed by atoms with Crippen molar-refractivity contribution in [3.05, 3.63) is 29.3 Å². The van der Waals surface area contributed by atoms with Gasteiger partial charge in [0.15, 0.2) is 17.9 Å². The molecule has 2 nitrogen and oxygen atoms in total. The zero-order valence-electron chi connectivity index (χ0n) is 8.97. The number of hydrogen-bond acceptors (Lipinski definition) is 2. The standard InChI is InChI=1S/C11H10F4O2/c1-11(14,15)4-5-17-8-3-2-7(6-16)9(12)10(8)13/h2-3,6H,4-5H2,1H3. The van der Waals surface area contributed by atoms with Crippen LogP contribution in [-0.4, -0.2) is 18.8 Å². The summed E-state index contributed by atoms with van der Waals surface area (Å²) in [6.07, 6.45) is -0.453. The second kappa shape index (κ2) is 5.16. The number of halogens is 4. The fourth-order valence-corrected chi connectivity index (χ4v) is 1.09. The number of aldehydes is 1. The number of alkyl halides is 2. The quantitative estimate of drug-likeness (QED) is 0.592. The maximum atomic E-state index is 13.2. The summed E-state index contributed by atoms with van der Waals surface area (Å²) in [5.74, 6) is -6.12. The minimum Gasteiger partial charge on any atom is -0.490 e. The smallest absolute Gasteiger partial charge is 0.248 e. The summed E-state index contributed by atoms with van der Waals surface area (Å²) < 4.78 is 55.9. The number of ether oxygens (including phenoxy) is 1. The zero-order valence-corrected chi connectivity index (χ0v) is 8.97. The average Bonchev–Trinajstić information content (AvgIpc) is 2.23. The lowest BCUT2D eigenvalue weighted by Gasteiger charge is -2.12. The lowest BCUT2D eigenvalue weighted by atomic mass is 10.2. The Morgan fingerprint density at radius 1 is 1.29 bits per heavy atom. The predicted molar refractivity (Wildman–Crippen MR) is 52.5 cm³/mol. The van der Waals surface area contributed by atoms with Gasteiger partial charge in [-0.3, -0.25) is 4.79 Å². The highest BCUT2D eigenvalue weighted by Gasteiger charge is 2.21. The molecule has 0 aliphatic carbocycles. The second-order valence-electron chi connectivity index (χ2n) is 3.57. The van der Waals surface area contributed by atoms with Gasteiger partial charge in [0.2, 0.25) is 11.7 Å². The minimum absolute atomic E-state index is 0.155. The van der Waals surface area contributed by atoms with Crippen LogP contribution in [0.1, 0.15) is 23.7 Å². The molecule has 0 amide bonds. The van der Waals surface area contributed by atoms with Crippen LogP contribution < -0.4 is 4.74 Å². The van der Waals surface area contributed by atoms with Crippen LogP contribution in [0.5, 0.6) is 5.75 Å². The van der Waals surface area contributed by atoms with Gasteiger partial charge in [-0.05, 0) is 19.1 Å². The Labute approximate surface area is 95.2 Å². The first-order chi connectivity index (χ1) is 7.85. The Balaban J connectivity index is 2.73. The highest BCUT2D eigenvalue weighted by molar-refractivity contribution is 5.75. The first kappa shape index (κ1) is 13.5. The van der Waals surface area contributed by atoms with E-state index in [1.165, 1.54) is 0 Å². The fraction of sp³-hybridized carbons (Fsp3) is 0.364. The molecule has 0 fully saturated rings. The van der Waals surface area contributed by atoms with Gasteiger partial charge >= 0.3 is 0 Å². The number of carbonyl (C=O) groups is 1. The number of carbonyl (C=O) groups excluding carboxylic acids is 1. The monoisotopic (exact) mass is 250 g/mol. The molecular weight excluding hydrogens is 240 g/mol. The third kappa shape index (κ3) is 3.72. The number of benzene rings is 1. The summed E-state index contributed by atoms with van der Waals surface area (Å²) in [5.41, 5.74) is -0.448. The van der Waals surface area contributed by atoms with Crippen molar-refractivity contribution in [2.45, 2.75) is 19.3 Å². The molecular formula is C11H10F4O2. The Bertz CT molecular complexity index is 413. The Hall–Kier alpha value is -1.59. The molecule has 0 atom stereocenters. The third-order valence-electron chi connectivity index (χ3n) is 2.00. The van der Waals surface area contributed by atoms with Crippen molar-refractivity contribution < 1.29 is 27.1 Å². The largest absolute Gasteiger partial charge is 0.490 e. The maximum Gasteiger partial charge on any atom is 0.248 e. The van der Waals surface area contributed by atoms with Gasteiger partial charge in [-0.2, -0.15) is 4.39 Å². The van der Waals surface area contributed by atoms with Gasteiger partial charge in [-0.15, -0.1) is 0 Å². The van der Waals surface area contributed by atoms with E-state index in [1.54, 1.807) is 0 Å². The van der Waals surface area contributed by atoms with E-state index in [1.807, 2.05) is 0 Å². The first-order valence-electron chi connectivity index (χ1n) is 4.79. The van der Waals surface area contributed by atoms with E-state index < -0.39 is 41.9 Å². The summed E-state index contributed by atoms with van der Waals surface area (Å²) in [7, 11) is 0. The van der Waals surface area contributed by atoms with Crippen molar-refractivity contribution in [3.8, 4) is 5.75 Å². The van der Waals surface area contributed by atoms with Gasteiger partial charge in [0.05, 0.1) is 12.2 Å². The van der Waals surface area contributed by atoms with Gasteiger partial charge < -0.3 is 4.74 Å². The van der Waals surface area contributed by atoms with Gasteiger partial charge in [0.1, 0.15) is 0 Å². The van der Waals surface area contributed by atoms with Gasteiger partial charge in [0, 0.05) is 6.42 Å². The predicted octanol–water partition coefficient (Wildman–Crippen LogP) is 3.20. The Morgan fingerprint density at radius 2 is 1.94 bits per heavy atom. The summed E-state index contributed by atoms with van der Waals surface area (Å²) in [4.78, 5) is 10.3. The summed E-state index contributed by atoms with van der Waals surface area (Å²) >= 11 is 0. The number of hydrogen-bond donors (Lipinski definition) is 0. The maximum absolute atomic E-state index is 13.2. The van der Waals surface area contributed by atoms with Crippen molar-refractivity contribution in [2.75, 3.05) is 6.61 Å². The van der Waals surface area contributed by atoms with Crippen molar-refractivity contribution in [2.24, 2.45) is 0 Å². The van der Waals surface area contributed by atoms with E-state index in [0.717, 1.165) is 12.1 Å². The molecule has 0 heterocycles. The van der Waals surface area contributed by atoms with Crippen LogP contribution in [0.4, 0.5) is 17.6 Å². The van der Waals surface area contributed by atoms with Crippen LogP contribution in [0.15, 0.2) is 12.1 Å². The molecule has 0 saturated heterocycles. The van der Waals surface area contributed by atoms with E-state index in [0.29, 0.717) is 6.92 Å². The lowest BCUT2D eigenvalue weighted by molar-refractivity contribution is 0.000431. The molecule has 0 aliphatic heterocycles. The molecule has 0 aromatic heterocycles. The summed E-state index contributed by atoms with van der Waals surface area (Å²) in [6, 6.07) is 2.04. The molecule has 1 aromatic rings. The molecule has 0 unspecified atom stereocenters. The molecule has 0 aliphatic rings. The molecule has 0 radical (unpaired) electrons. The molecule has 0 spiro atoms. The summed E-state index contributed by atoms with van der Waals surface area (Å²) in [6.45, 7) is 0.253. The molecule has 1 aromatic carbocycles. The van der Waals surface area contributed by atoms with Crippen molar-refractivity contribution in [1.82, 2.24) is 0 Å². The molecule has 94 valence electrons. The van der Waals surface area contributed by atoms with E-state index in [-0.39, 0.29) is 6.29 Å². The van der Waals surface area contributed by atoms with E-state index in [9.17, 15) is 22.4 Å². The van der Waals surface area contributed by atoms with Crippen LogP contribution >= 0.6 is 0 Å². The lowest BCUT2D eigenvalue weighted by Crippen LogP contribution is -2.15. The van der Waals surface area contributed by atoms with Gasteiger partial charge in [-0.25, -0.2) is 13.2 Å². The Morgan fingerprint density at radius 3 is 2.47 bits per heavy atom. The van der Waals surface area contributed by atoms with E-state index in [4.69, 9.17) is 0 Å². The van der Waals surface area contributed by atoms with Crippen LogP contribution in [0.25, 0.3) is 0 Å². The Kier molecular flexibility index (Phi) is 4.09. The molecule has 6 heteroatoms. The van der Waals surface area contributed by atoms with Crippen molar-refractivity contribution in [3.63, 3.8) is 0 Å². The molecule has 17 heavy (non-hydrogen) atoms. The number of rotatable bonds is 5. The van der Waals surface area contributed by atoms with Crippen LogP contribution in [0.3, 0.4) is 0 Å². The molecule has 0 N–H and O–H groups in total. The summed E-state index contributed by atoms with van der Waals surface area (Å²) in [5, 5.41) is 0. The highest BCUT2D eigenvalue weighted by Crippen LogP contribution is 2.23. The normalized spacial score (nSPS) is 11.4. The van der Waals surface area contributed by atoms with Crippen molar-refractivity contribution in [1.29, 1.82) is 0 Å². The average molecular weight is 250 g/mol. The SMILES string of the molecule is CC(F)(F)CCOc1ccc(C=O)c(F)c1F. The van der Waals surface area contributed by atoms with Crippen LogP contribution in [0, 0.1) is 11.6 Å². The van der Waals surface area contributed by atoms with E-state index in [2.05, 4.69) is 4.74 Å². The zero-order chi connectivity index (χ0) is 13.1. The van der Waals surface area contributed by atoms with Gasteiger partial charge in [-0.1, -0.05) is 0 Å². The molecule has 0 saturated carbocycles. The first-order valence-corrected chi connectivity index (χ1v) is 4.79. The molecule has 0 bridgehead atoms. The third-order valence-corrected chi connectivity index (χ3v) is 2.00. The molecule has 1 rings (SSSR count). The van der Waals surface area contributed by atoms with Crippen molar-refractivity contribution >= 4 is 6.29 Å². The highest BCUT2D eigenvalue weighted by atomic mass is 19.3.